The minimum atomic E-state index is -0.211. The molecular formula is C22H24N2O4S. The van der Waals surface area contributed by atoms with Crippen LogP contribution in [0.1, 0.15) is 36.2 Å². The summed E-state index contributed by atoms with van der Waals surface area (Å²) in [6.45, 7) is 3.97. The van der Waals surface area contributed by atoms with Gasteiger partial charge in [0.05, 0.1) is 24.8 Å². The third-order valence-electron chi connectivity index (χ3n) is 4.63. The number of benzene rings is 2. The molecule has 29 heavy (non-hydrogen) atoms. The molecule has 3 rings (SSSR count). The Morgan fingerprint density at radius 3 is 2.62 bits per heavy atom. The second-order valence-electron chi connectivity index (χ2n) is 6.67. The number of carbonyl (C=O) groups excluding carboxylic acids is 2. The predicted molar refractivity (Wildman–Crippen MR) is 116 cm³/mol. The van der Waals surface area contributed by atoms with Crippen LogP contribution in [-0.2, 0) is 4.79 Å². The van der Waals surface area contributed by atoms with E-state index in [2.05, 4.69) is 10.6 Å². The predicted octanol–water partition coefficient (Wildman–Crippen LogP) is 4.32. The van der Waals surface area contributed by atoms with Gasteiger partial charge >= 0.3 is 0 Å². The summed E-state index contributed by atoms with van der Waals surface area (Å²) >= 11 is 1.37. The van der Waals surface area contributed by atoms with Gasteiger partial charge in [-0.3, -0.25) is 9.59 Å². The summed E-state index contributed by atoms with van der Waals surface area (Å²) in [4.78, 5) is 26.4. The van der Waals surface area contributed by atoms with Gasteiger partial charge in [0.15, 0.2) is 11.5 Å². The third-order valence-corrected chi connectivity index (χ3v) is 5.73. The van der Waals surface area contributed by atoms with Gasteiger partial charge in [0.2, 0.25) is 0 Å². The second kappa shape index (κ2) is 9.05. The molecule has 152 valence electrons. The summed E-state index contributed by atoms with van der Waals surface area (Å²) in [6.07, 6.45) is 2.65. The molecule has 0 aliphatic carbocycles. The van der Waals surface area contributed by atoms with E-state index in [1.807, 2.05) is 32.0 Å². The summed E-state index contributed by atoms with van der Waals surface area (Å²) < 4.78 is 10.6. The molecule has 0 saturated carbocycles. The van der Waals surface area contributed by atoms with E-state index in [-0.39, 0.29) is 17.9 Å². The van der Waals surface area contributed by atoms with E-state index in [0.717, 1.165) is 16.9 Å². The number of ether oxygens (including phenoxy) is 2. The van der Waals surface area contributed by atoms with Crippen LogP contribution in [0.15, 0.2) is 46.2 Å². The van der Waals surface area contributed by atoms with Crippen molar-refractivity contribution in [2.75, 3.05) is 19.5 Å². The van der Waals surface area contributed by atoms with Crippen molar-refractivity contribution in [3.8, 4) is 11.5 Å². The highest BCUT2D eigenvalue weighted by molar-refractivity contribution is 8.04. The first kappa shape index (κ1) is 20.8. The fourth-order valence-electron chi connectivity index (χ4n) is 2.80. The van der Waals surface area contributed by atoms with Gasteiger partial charge in [-0.05, 0) is 55.3 Å². The molecule has 7 heteroatoms. The molecule has 1 heterocycles. The van der Waals surface area contributed by atoms with E-state index >= 15 is 0 Å². The monoisotopic (exact) mass is 412 g/mol. The fourth-order valence-corrected chi connectivity index (χ4v) is 3.74. The first-order valence-electron chi connectivity index (χ1n) is 9.33. The molecule has 0 aromatic heterocycles. The zero-order valence-electron chi connectivity index (χ0n) is 16.9. The van der Waals surface area contributed by atoms with Crippen LogP contribution in [0, 0.1) is 0 Å². The Bertz CT molecular complexity index is 971. The lowest BCUT2D eigenvalue weighted by Crippen LogP contribution is -2.32. The lowest BCUT2D eigenvalue weighted by atomic mass is 10.1. The molecule has 6 nitrogen and oxygen atoms in total. The smallest absolute Gasteiger partial charge is 0.262 e. The molecule has 1 atom stereocenters. The Labute approximate surface area is 174 Å². The fraction of sp³-hybridized carbons (Fsp3) is 0.273. The Morgan fingerprint density at radius 1 is 1.17 bits per heavy atom. The molecule has 2 aromatic rings. The molecule has 0 bridgehead atoms. The molecule has 0 saturated heterocycles. The van der Waals surface area contributed by atoms with Crippen molar-refractivity contribution in [2.24, 2.45) is 0 Å². The van der Waals surface area contributed by atoms with Crippen molar-refractivity contribution >= 4 is 35.3 Å². The van der Waals surface area contributed by atoms with E-state index in [9.17, 15) is 9.59 Å². The van der Waals surface area contributed by atoms with Crippen molar-refractivity contribution in [1.82, 2.24) is 5.32 Å². The number of anilines is 1. The molecule has 2 aromatic carbocycles. The number of amides is 2. The minimum absolute atomic E-state index is 0.0959. The highest BCUT2D eigenvalue weighted by Crippen LogP contribution is 2.40. The summed E-state index contributed by atoms with van der Waals surface area (Å²) in [7, 11) is 3.15. The van der Waals surface area contributed by atoms with Crippen LogP contribution in [0.4, 0.5) is 5.69 Å². The lowest BCUT2D eigenvalue weighted by molar-refractivity contribution is -0.112. The van der Waals surface area contributed by atoms with E-state index in [0.29, 0.717) is 27.7 Å². The Morgan fingerprint density at radius 2 is 1.93 bits per heavy atom. The number of thioether (sulfide) groups is 1. The average Bonchev–Trinajstić information content (AvgIpc) is 2.73. The van der Waals surface area contributed by atoms with Crippen LogP contribution in [-0.4, -0.2) is 32.1 Å². The first-order valence-corrected chi connectivity index (χ1v) is 10.1. The zero-order chi connectivity index (χ0) is 21.0. The van der Waals surface area contributed by atoms with Crippen LogP contribution in [0.2, 0.25) is 0 Å². The van der Waals surface area contributed by atoms with Gasteiger partial charge in [-0.2, -0.15) is 0 Å². The van der Waals surface area contributed by atoms with Crippen molar-refractivity contribution in [1.29, 1.82) is 0 Å². The molecular weight excluding hydrogens is 388 g/mol. The molecule has 2 amide bonds. The van der Waals surface area contributed by atoms with E-state index in [1.54, 1.807) is 38.5 Å². The second-order valence-corrected chi connectivity index (χ2v) is 7.76. The van der Waals surface area contributed by atoms with Gasteiger partial charge in [0.25, 0.3) is 11.8 Å². The molecule has 1 aliphatic rings. The van der Waals surface area contributed by atoms with Gasteiger partial charge in [0.1, 0.15) is 0 Å². The lowest BCUT2D eigenvalue weighted by Gasteiger charge is -2.20. The largest absolute Gasteiger partial charge is 0.493 e. The topological polar surface area (TPSA) is 76.7 Å². The van der Waals surface area contributed by atoms with Crippen LogP contribution < -0.4 is 20.1 Å². The number of rotatable bonds is 6. The standard InChI is InChI=1S/C22H24N2O4S/c1-5-13(2)23-21(25)15-7-9-19-16(12-15)24-22(26)20(29-19)11-14-6-8-17(27-3)18(10-14)28-4/h6-13H,5H2,1-4H3,(H,23,25)(H,24,26)/b20-11+/t13-/m1/s1. The zero-order valence-corrected chi connectivity index (χ0v) is 17.7. The molecule has 0 radical (unpaired) electrons. The van der Waals surface area contributed by atoms with Crippen LogP contribution in [0.3, 0.4) is 0 Å². The molecule has 0 unspecified atom stereocenters. The minimum Gasteiger partial charge on any atom is -0.493 e. The first-order chi connectivity index (χ1) is 13.9. The number of nitrogens with one attached hydrogen (secondary N) is 2. The molecule has 0 spiro atoms. The van der Waals surface area contributed by atoms with E-state index < -0.39 is 0 Å². The third kappa shape index (κ3) is 4.74. The van der Waals surface area contributed by atoms with Crippen molar-refractivity contribution < 1.29 is 19.1 Å². The number of carbonyl (C=O) groups is 2. The maximum Gasteiger partial charge on any atom is 0.262 e. The highest BCUT2D eigenvalue weighted by atomic mass is 32.2. The summed E-state index contributed by atoms with van der Waals surface area (Å²) in [5, 5.41) is 5.81. The Balaban J connectivity index is 1.83. The Hall–Kier alpha value is -2.93. The quantitative estimate of drug-likeness (QED) is 0.691. The number of fused-ring (bicyclic) bond motifs is 1. The summed E-state index contributed by atoms with van der Waals surface area (Å²) in [5.74, 6) is 0.870. The van der Waals surface area contributed by atoms with Crippen LogP contribution in [0.25, 0.3) is 6.08 Å². The van der Waals surface area contributed by atoms with Gasteiger partial charge in [-0.15, -0.1) is 0 Å². The van der Waals surface area contributed by atoms with Crippen molar-refractivity contribution in [3.05, 3.63) is 52.4 Å². The SMILES string of the molecule is CC[C@@H](C)NC(=O)c1ccc2c(c1)NC(=O)/C(=C\c1ccc(OC)c(OC)c1)S2. The van der Waals surface area contributed by atoms with E-state index in [4.69, 9.17) is 9.47 Å². The van der Waals surface area contributed by atoms with Crippen LogP contribution in [0.5, 0.6) is 11.5 Å². The van der Waals surface area contributed by atoms with Gasteiger partial charge in [-0.1, -0.05) is 24.8 Å². The van der Waals surface area contributed by atoms with Crippen molar-refractivity contribution in [2.45, 2.75) is 31.2 Å². The Kier molecular flexibility index (Phi) is 6.49. The summed E-state index contributed by atoms with van der Waals surface area (Å²) in [6, 6.07) is 10.9. The number of methoxy groups -OCH3 is 2. The molecule has 1 aliphatic heterocycles. The maximum absolute atomic E-state index is 12.6. The van der Waals surface area contributed by atoms with Crippen LogP contribution >= 0.6 is 11.8 Å². The van der Waals surface area contributed by atoms with E-state index in [1.165, 1.54) is 11.8 Å². The maximum atomic E-state index is 12.6. The number of hydrogen-bond donors (Lipinski definition) is 2. The number of hydrogen-bond acceptors (Lipinski definition) is 5. The molecule has 0 fully saturated rings. The highest BCUT2D eigenvalue weighted by Gasteiger charge is 2.22. The normalized spacial score (nSPS) is 15.3. The van der Waals surface area contributed by atoms with Crippen molar-refractivity contribution in [3.63, 3.8) is 0 Å². The van der Waals surface area contributed by atoms with Gasteiger partial charge in [0, 0.05) is 16.5 Å². The summed E-state index contributed by atoms with van der Waals surface area (Å²) in [5.41, 5.74) is 1.99. The average molecular weight is 413 g/mol. The molecule has 2 N–H and O–H groups in total. The van der Waals surface area contributed by atoms with Gasteiger partial charge < -0.3 is 20.1 Å². The van der Waals surface area contributed by atoms with Gasteiger partial charge in [-0.25, -0.2) is 0 Å².